The molecule has 0 heterocycles. The Labute approximate surface area is 174 Å². The fourth-order valence-electron chi connectivity index (χ4n) is 2.45. The Morgan fingerprint density at radius 1 is 0.966 bits per heavy atom. The van der Waals surface area contributed by atoms with Crippen molar-refractivity contribution in [3.8, 4) is 5.75 Å². The van der Waals surface area contributed by atoms with E-state index >= 15 is 0 Å². The van der Waals surface area contributed by atoms with Crippen molar-refractivity contribution in [2.24, 2.45) is 0 Å². The molecule has 29 heavy (non-hydrogen) atoms. The zero-order valence-corrected chi connectivity index (χ0v) is 17.1. The van der Waals surface area contributed by atoms with Crippen molar-refractivity contribution in [1.82, 2.24) is 0 Å². The molecule has 2 N–H and O–H groups in total. The lowest BCUT2D eigenvalue weighted by molar-refractivity contribution is -0.118. The van der Waals surface area contributed by atoms with Gasteiger partial charge in [0.2, 0.25) is 0 Å². The van der Waals surface area contributed by atoms with Gasteiger partial charge in [-0.15, -0.1) is 0 Å². The van der Waals surface area contributed by atoms with Crippen LogP contribution in [0.1, 0.15) is 5.56 Å². The van der Waals surface area contributed by atoms with Crippen molar-refractivity contribution in [2.45, 2.75) is 11.8 Å². The summed E-state index contributed by atoms with van der Waals surface area (Å²) in [5, 5.41) is 2.96. The minimum Gasteiger partial charge on any atom is -0.484 e. The van der Waals surface area contributed by atoms with Crippen LogP contribution in [0, 0.1) is 6.92 Å². The van der Waals surface area contributed by atoms with Crippen LogP contribution in [0.15, 0.2) is 77.7 Å². The van der Waals surface area contributed by atoms with Crippen LogP contribution in [0.3, 0.4) is 0 Å². The van der Waals surface area contributed by atoms with Gasteiger partial charge in [0.15, 0.2) is 6.61 Å². The van der Waals surface area contributed by atoms with Crippen molar-refractivity contribution < 1.29 is 17.9 Å². The molecule has 6 nitrogen and oxygen atoms in total. The Morgan fingerprint density at radius 2 is 1.62 bits per heavy atom. The average Bonchev–Trinajstić information content (AvgIpc) is 2.70. The van der Waals surface area contributed by atoms with E-state index in [4.69, 9.17) is 16.3 Å². The molecule has 0 unspecified atom stereocenters. The lowest BCUT2D eigenvalue weighted by atomic mass is 10.2. The molecular weight excluding hydrogens is 412 g/mol. The largest absolute Gasteiger partial charge is 0.484 e. The maximum atomic E-state index is 12.5. The number of ether oxygens (including phenoxy) is 1. The van der Waals surface area contributed by atoms with Gasteiger partial charge in [-0.25, -0.2) is 8.42 Å². The van der Waals surface area contributed by atoms with Crippen molar-refractivity contribution in [3.05, 3.63) is 83.4 Å². The normalized spacial score (nSPS) is 11.0. The Bertz CT molecular complexity index is 1100. The fraction of sp³-hybridized carbons (Fsp3) is 0.0952. The topological polar surface area (TPSA) is 84.5 Å². The summed E-state index contributed by atoms with van der Waals surface area (Å²) < 4.78 is 32.8. The number of carbonyl (C=O) groups is 1. The standard InChI is InChI=1S/C21H19ClN2O4S/c1-15-6-10-17(11-7-15)28-14-21(25)23-16-8-12-18(13-9-16)29(26,27)24-20-5-3-2-4-19(20)22/h2-13,24H,14H2,1H3,(H,23,25). The van der Waals surface area contributed by atoms with E-state index in [1.165, 1.54) is 24.3 Å². The molecule has 0 aliphatic rings. The third-order valence-corrected chi connectivity index (χ3v) is 5.67. The molecule has 3 aromatic rings. The van der Waals surface area contributed by atoms with Gasteiger partial charge in [0, 0.05) is 5.69 Å². The third-order valence-electron chi connectivity index (χ3n) is 3.96. The van der Waals surface area contributed by atoms with Crippen LogP contribution in [-0.4, -0.2) is 20.9 Å². The summed E-state index contributed by atoms with van der Waals surface area (Å²) >= 11 is 6.00. The number of benzene rings is 3. The van der Waals surface area contributed by atoms with E-state index in [1.54, 1.807) is 36.4 Å². The number of amides is 1. The predicted octanol–water partition coefficient (Wildman–Crippen LogP) is 4.47. The van der Waals surface area contributed by atoms with Crippen molar-refractivity contribution in [1.29, 1.82) is 0 Å². The van der Waals surface area contributed by atoms with Crippen LogP contribution in [0.25, 0.3) is 0 Å². The Balaban J connectivity index is 1.59. The summed E-state index contributed by atoms with van der Waals surface area (Å²) in [7, 11) is -3.80. The number of rotatable bonds is 7. The first-order valence-corrected chi connectivity index (χ1v) is 10.6. The van der Waals surface area contributed by atoms with Gasteiger partial charge in [0.25, 0.3) is 15.9 Å². The van der Waals surface area contributed by atoms with E-state index in [9.17, 15) is 13.2 Å². The highest BCUT2D eigenvalue weighted by Crippen LogP contribution is 2.24. The van der Waals surface area contributed by atoms with E-state index in [1.807, 2.05) is 19.1 Å². The highest BCUT2D eigenvalue weighted by atomic mass is 35.5. The number of para-hydroxylation sites is 1. The number of halogens is 1. The molecule has 0 aliphatic carbocycles. The van der Waals surface area contributed by atoms with Crippen LogP contribution < -0.4 is 14.8 Å². The van der Waals surface area contributed by atoms with Gasteiger partial charge in [-0.1, -0.05) is 41.4 Å². The lowest BCUT2D eigenvalue weighted by Gasteiger charge is -2.11. The second-order valence-electron chi connectivity index (χ2n) is 6.26. The third kappa shape index (κ3) is 5.73. The number of anilines is 2. The molecule has 0 bridgehead atoms. The first kappa shape index (κ1) is 20.7. The van der Waals surface area contributed by atoms with E-state index in [0.29, 0.717) is 22.1 Å². The van der Waals surface area contributed by atoms with Gasteiger partial charge in [-0.2, -0.15) is 0 Å². The van der Waals surface area contributed by atoms with Crippen LogP contribution in [-0.2, 0) is 14.8 Å². The highest BCUT2D eigenvalue weighted by molar-refractivity contribution is 7.92. The van der Waals surface area contributed by atoms with Gasteiger partial charge in [0.05, 0.1) is 15.6 Å². The van der Waals surface area contributed by atoms with E-state index < -0.39 is 10.0 Å². The zero-order valence-electron chi connectivity index (χ0n) is 15.6. The van der Waals surface area contributed by atoms with Gasteiger partial charge in [0.1, 0.15) is 5.75 Å². The quantitative estimate of drug-likeness (QED) is 0.579. The number of carbonyl (C=O) groups excluding carboxylic acids is 1. The highest BCUT2D eigenvalue weighted by Gasteiger charge is 2.15. The minimum atomic E-state index is -3.80. The molecule has 0 spiro atoms. The van der Waals surface area contributed by atoms with Crippen LogP contribution in [0.5, 0.6) is 5.75 Å². The molecule has 0 fully saturated rings. The first-order chi connectivity index (χ1) is 13.8. The van der Waals surface area contributed by atoms with Gasteiger partial charge in [-0.3, -0.25) is 9.52 Å². The second-order valence-corrected chi connectivity index (χ2v) is 8.35. The molecule has 3 rings (SSSR count). The zero-order chi connectivity index (χ0) is 20.9. The maximum absolute atomic E-state index is 12.5. The van der Waals surface area contributed by atoms with Crippen molar-refractivity contribution in [2.75, 3.05) is 16.6 Å². The van der Waals surface area contributed by atoms with E-state index in [-0.39, 0.29) is 17.4 Å². The van der Waals surface area contributed by atoms with Crippen molar-refractivity contribution >= 4 is 38.9 Å². The Hall–Kier alpha value is -3.03. The Kier molecular flexibility index (Phi) is 6.41. The number of nitrogens with one attached hydrogen (secondary N) is 2. The molecule has 8 heteroatoms. The molecule has 0 saturated heterocycles. The maximum Gasteiger partial charge on any atom is 0.262 e. The van der Waals surface area contributed by atoms with Crippen molar-refractivity contribution in [3.63, 3.8) is 0 Å². The molecule has 0 radical (unpaired) electrons. The molecular formula is C21H19ClN2O4S. The predicted molar refractivity (Wildman–Crippen MR) is 114 cm³/mol. The molecule has 0 aromatic heterocycles. The monoisotopic (exact) mass is 430 g/mol. The SMILES string of the molecule is Cc1ccc(OCC(=O)Nc2ccc(S(=O)(=O)Nc3ccccc3Cl)cc2)cc1. The molecule has 3 aromatic carbocycles. The van der Waals surface area contributed by atoms with E-state index in [2.05, 4.69) is 10.0 Å². The van der Waals surface area contributed by atoms with Crippen LogP contribution in [0.4, 0.5) is 11.4 Å². The second kappa shape index (κ2) is 8.98. The minimum absolute atomic E-state index is 0.0475. The molecule has 1 amide bonds. The molecule has 150 valence electrons. The summed E-state index contributed by atoms with van der Waals surface area (Å²) in [4.78, 5) is 12.1. The van der Waals surface area contributed by atoms with Crippen LogP contribution >= 0.6 is 11.6 Å². The van der Waals surface area contributed by atoms with Crippen LogP contribution in [0.2, 0.25) is 5.02 Å². The number of hydrogen-bond acceptors (Lipinski definition) is 4. The van der Waals surface area contributed by atoms with E-state index in [0.717, 1.165) is 5.56 Å². The number of sulfonamides is 1. The van der Waals surface area contributed by atoms with Gasteiger partial charge in [-0.05, 0) is 55.5 Å². The summed E-state index contributed by atoms with van der Waals surface area (Å²) in [5.41, 5.74) is 1.85. The smallest absolute Gasteiger partial charge is 0.262 e. The summed E-state index contributed by atoms with van der Waals surface area (Å²) in [6, 6.07) is 19.7. The first-order valence-electron chi connectivity index (χ1n) is 8.70. The molecule has 0 atom stereocenters. The Morgan fingerprint density at radius 3 is 2.28 bits per heavy atom. The van der Waals surface area contributed by atoms with Gasteiger partial charge < -0.3 is 10.1 Å². The summed E-state index contributed by atoms with van der Waals surface area (Å²) in [6.45, 7) is 1.81. The number of aryl methyl sites for hydroxylation is 1. The lowest BCUT2D eigenvalue weighted by Crippen LogP contribution is -2.20. The average molecular weight is 431 g/mol. The molecule has 0 saturated carbocycles. The van der Waals surface area contributed by atoms with Gasteiger partial charge >= 0.3 is 0 Å². The fourth-order valence-corrected chi connectivity index (χ4v) is 3.76. The molecule has 0 aliphatic heterocycles. The number of hydrogen-bond donors (Lipinski definition) is 2. The summed E-state index contributed by atoms with van der Waals surface area (Å²) in [6.07, 6.45) is 0. The summed E-state index contributed by atoms with van der Waals surface area (Å²) in [5.74, 6) is 0.244.